The number of ketones is 1. The molecule has 5 heteroatoms. The highest BCUT2D eigenvalue weighted by molar-refractivity contribution is 5.98. The Labute approximate surface area is 159 Å². The Morgan fingerprint density at radius 1 is 1.04 bits per heavy atom. The fraction of sp³-hybridized carbons (Fsp3) is 0.591. The highest BCUT2D eigenvalue weighted by atomic mass is 16.5. The quantitative estimate of drug-likeness (QED) is 0.632. The number of amides is 1. The molecular formula is C22H27NO4. The normalized spacial score (nSPS) is 32.0. The molecule has 0 heterocycles. The van der Waals surface area contributed by atoms with Gasteiger partial charge in [-0.05, 0) is 81.8 Å². The van der Waals surface area contributed by atoms with E-state index < -0.39 is 6.10 Å². The van der Waals surface area contributed by atoms with Crippen molar-refractivity contribution < 1.29 is 19.1 Å². The van der Waals surface area contributed by atoms with Gasteiger partial charge in [-0.1, -0.05) is 12.1 Å². The second kappa shape index (κ2) is 7.10. The Morgan fingerprint density at radius 2 is 1.67 bits per heavy atom. The molecule has 0 radical (unpaired) electrons. The van der Waals surface area contributed by atoms with Crippen molar-refractivity contribution in [2.45, 2.75) is 52.1 Å². The largest absolute Gasteiger partial charge is 0.452 e. The van der Waals surface area contributed by atoms with Crippen molar-refractivity contribution in [2.75, 3.05) is 5.32 Å². The molecule has 1 aromatic carbocycles. The van der Waals surface area contributed by atoms with E-state index in [1.807, 2.05) is 0 Å². The van der Waals surface area contributed by atoms with Gasteiger partial charge in [0.05, 0.1) is 5.92 Å². The van der Waals surface area contributed by atoms with Crippen molar-refractivity contribution in [3.63, 3.8) is 0 Å². The average molecular weight is 369 g/mol. The van der Waals surface area contributed by atoms with Gasteiger partial charge in [-0.15, -0.1) is 0 Å². The molecule has 4 bridgehead atoms. The molecule has 5 nitrogen and oxygen atoms in total. The molecule has 0 saturated heterocycles. The van der Waals surface area contributed by atoms with Gasteiger partial charge in [-0.3, -0.25) is 14.4 Å². The van der Waals surface area contributed by atoms with Crippen LogP contribution in [0.3, 0.4) is 0 Å². The van der Waals surface area contributed by atoms with Crippen molar-refractivity contribution in [3.8, 4) is 0 Å². The first kappa shape index (κ1) is 18.2. The zero-order chi connectivity index (χ0) is 19.1. The molecule has 5 rings (SSSR count). The summed E-state index contributed by atoms with van der Waals surface area (Å²) in [5.41, 5.74) is 1.07. The van der Waals surface area contributed by atoms with Crippen LogP contribution in [0.1, 0.15) is 56.3 Å². The van der Waals surface area contributed by atoms with E-state index >= 15 is 0 Å². The summed E-state index contributed by atoms with van der Waals surface area (Å²) >= 11 is 0. The van der Waals surface area contributed by atoms with Gasteiger partial charge in [-0.25, -0.2) is 0 Å². The van der Waals surface area contributed by atoms with Crippen LogP contribution in [0, 0.1) is 29.6 Å². The summed E-state index contributed by atoms with van der Waals surface area (Å²) < 4.78 is 5.57. The summed E-state index contributed by atoms with van der Waals surface area (Å²) in [6, 6.07) is 6.77. The molecule has 27 heavy (non-hydrogen) atoms. The minimum atomic E-state index is -0.851. The molecule has 1 aromatic rings. The van der Waals surface area contributed by atoms with Gasteiger partial charge in [0.25, 0.3) is 5.91 Å². The van der Waals surface area contributed by atoms with Gasteiger partial charge in [0.2, 0.25) is 0 Å². The third kappa shape index (κ3) is 3.64. The highest BCUT2D eigenvalue weighted by Crippen LogP contribution is 2.56. The second-order valence-electron chi connectivity index (χ2n) is 8.66. The van der Waals surface area contributed by atoms with E-state index in [-0.39, 0.29) is 23.6 Å². The summed E-state index contributed by atoms with van der Waals surface area (Å²) in [7, 11) is 0. The molecule has 4 fully saturated rings. The number of nitrogens with one attached hydrogen (secondary N) is 1. The van der Waals surface area contributed by atoms with Crippen LogP contribution in [-0.2, 0) is 14.3 Å². The lowest BCUT2D eigenvalue weighted by Crippen LogP contribution is -2.49. The first-order valence-electron chi connectivity index (χ1n) is 10.0. The highest BCUT2D eigenvalue weighted by Gasteiger charge is 2.51. The SMILES string of the molecule is CC(=O)c1cccc(NC(=O)[C@@H](C)OC(=O)C2C3CC4CC(C3)CC2C4)c1. The first-order chi connectivity index (χ1) is 12.9. The molecule has 0 aliphatic heterocycles. The van der Waals surface area contributed by atoms with Gasteiger partial charge in [-0.2, -0.15) is 0 Å². The van der Waals surface area contributed by atoms with Crippen LogP contribution in [0.2, 0.25) is 0 Å². The fourth-order valence-electron chi connectivity index (χ4n) is 5.68. The minimum absolute atomic E-state index is 0.0332. The van der Waals surface area contributed by atoms with Gasteiger partial charge in [0.15, 0.2) is 11.9 Å². The maximum absolute atomic E-state index is 12.8. The Kier molecular flexibility index (Phi) is 4.79. The van der Waals surface area contributed by atoms with Crippen molar-refractivity contribution >= 4 is 23.3 Å². The Morgan fingerprint density at radius 3 is 2.26 bits per heavy atom. The molecule has 0 unspecified atom stereocenters. The van der Waals surface area contributed by atoms with E-state index in [4.69, 9.17) is 4.74 Å². The van der Waals surface area contributed by atoms with E-state index in [9.17, 15) is 14.4 Å². The molecule has 1 N–H and O–H groups in total. The standard InChI is InChI=1S/C22H27NO4/c1-12(24)16-4-3-5-19(11-16)23-21(25)13(2)27-22(26)20-17-7-14-6-15(9-17)10-18(20)8-14/h3-5,11,13-15,17-18,20H,6-10H2,1-2H3,(H,23,25)/t13-,14?,15?,17?,18?,20?/m1/s1. The lowest BCUT2D eigenvalue weighted by Gasteiger charge is -2.53. The molecular weight excluding hydrogens is 342 g/mol. The number of benzene rings is 1. The topological polar surface area (TPSA) is 72.5 Å². The maximum atomic E-state index is 12.8. The Balaban J connectivity index is 1.36. The molecule has 1 amide bonds. The summed E-state index contributed by atoms with van der Waals surface area (Å²) in [5.74, 6) is 1.81. The van der Waals surface area contributed by atoms with Gasteiger partial charge in [0.1, 0.15) is 0 Å². The van der Waals surface area contributed by atoms with Crippen molar-refractivity contribution in [2.24, 2.45) is 29.6 Å². The van der Waals surface area contributed by atoms with Crippen molar-refractivity contribution in [3.05, 3.63) is 29.8 Å². The molecule has 1 atom stereocenters. The van der Waals surface area contributed by atoms with Gasteiger partial charge >= 0.3 is 5.97 Å². The molecule has 4 aliphatic carbocycles. The van der Waals surface area contributed by atoms with Crippen LogP contribution < -0.4 is 5.32 Å². The number of hydrogen-bond acceptors (Lipinski definition) is 4. The molecule has 0 aromatic heterocycles. The first-order valence-corrected chi connectivity index (χ1v) is 10.0. The van der Waals surface area contributed by atoms with E-state index in [0.717, 1.165) is 37.5 Å². The molecule has 0 spiro atoms. The fourth-order valence-corrected chi connectivity index (χ4v) is 5.68. The third-order valence-electron chi connectivity index (χ3n) is 6.70. The zero-order valence-electron chi connectivity index (χ0n) is 15.9. The smallest absolute Gasteiger partial charge is 0.310 e. The van der Waals surface area contributed by atoms with Crippen molar-refractivity contribution in [1.82, 2.24) is 0 Å². The second-order valence-corrected chi connectivity index (χ2v) is 8.66. The molecule has 4 saturated carbocycles. The number of hydrogen-bond donors (Lipinski definition) is 1. The predicted octanol–water partition coefficient (Wildman–Crippen LogP) is 3.83. The summed E-state index contributed by atoms with van der Waals surface area (Å²) in [5, 5.41) is 2.74. The van der Waals surface area contributed by atoms with Crippen LogP contribution in [0.25, 0.3) is 0 Å². The number of carbonyl (C=O) groups is 3. The number of rotatable bonds is 5. The number of anilines is 1. The summed E-state index contributed by atoms with van der Waals surface area (Å²) in [6.07, 6.45) is 5.07. The number of Topliss-reactive ketones (excluding diaryl/α,β-unsaturated/α-hetero) is 1. The predicted molar refractivity (Wildman–Crippen MR) is 101 cm³/mol. The maximum Gasteiger partial charge on any atom is 0.310 e. The van der Waals surface area contributed by atoms with Crippen LogP contribution in [-0.4, -0.2) is 23.8 Å². The van der Waals surface area contributed by atoms with Crippen LogP contribution >= 0.6 is 0 Å². The van der Waals surface area contributed by atoms with E-state index in [0.29, 0.717) is 23.1 Å². The monoisotopic (exact) mass is 369 g/mol. The molecule has 144 valence electrons. The number of esters is 1. The van der Waals surface area contributed by atoms with Crippen LogP contribution in [0.4, 0.5) is 5.69 Å². The number of carbonyl (C=O) groups excluding carboxylic acids is 3. The molecule has 4 aliphatic rings. The van der Waals surface area contributed by atoms with Gasteiger partial charge in [0, 0.05) is 11.3 Å². The van der Waals surface area contributed by atoms with Gasteiger partial charge < -0.3 is 10.1 Å². The minimum Gasteiger partial charge on any atom is -0.452 e. The average Bonchev–Trinajstić information content (AvgIpc) is 2.60. The summed E-state index contributed by atoms with van der Waals surface area (Å²) in [4.78, 5) is 36.7. The van der Waals surface area contributed by atoms with Crippen molar-refractivity contribution in [1.29, 1.82) is 0 Å². The number of ether oxygens (including phenoxy) is 1. The third-order valence-corrected chi connectivity index (χ3v) is 6.70. The van der Waals surface area contributed by atoms with Crippen LogP contribution in [0.15, 0.2) is 24.3 Å². The summed E-state index contributed by atoms with van der Waals surface area (Å²) in [6.45, 7) is 3.09. The lowest BCUT2D eigenvalue weighted by molar-refractivity contribution is -0.169. The van der Waals surface area contributed by atoms with Crippen LogP contribution in [0.5, 0.6) is 0 Å². The van der Waals surface area contributed by atoms with E-state index in [2.05, 4.69) is 5.32 Å². The zero-order valence-corrected chi connectivity index (χ0v) is 15.9. The lowest BCUT2D eigenvalue weighted by atomic mass is 9.52. The Bertz CT molecular complexity index is 743. The Hall–Kier alpha value is -2.17. The van der Waals surface area contributed by atoms with E-state index in [1.54, 1.807) is 31.2 Å². The van der Waals surface area contributed by atoms with E-state index in [1.165, 1.54) is 13.3 Å².